The lowest BCUT2D eigenvalue weighted by molar-refractivity contribution is -0.121. The Morgan fingerprint density at radius 3 is 3.11 bits per heavy atom. The first-order valence-electron chi connectivity index (χ1n) is 5.78. The maximum Gasteiger partial charge on any atom is 0.240 e. The number of nitrogens with two attached hydrogens (primary N) is 1. The number of aromatic nitrogens is 2. The molecule has 7 heteroatoms. The molecular formula is C12H15BrN4O2. The summed E-state index contributed by atoms with van der Waals surface area (Å²) in [5, 5.41) is 2.75. The van der Waals surface area contributed by atoms with E-state index in [0.29, 0.717) is 19.1 Å². The Labute approximate surface area is 119 Å². The Morgan fingerprint density at radius 1 is 1.58 bits per heavy atom. The van der Waals surface area contributed by atoms with Crippen molar-refractivity contribution in [3.05, 3.63) is 22.7 Å². The highest BCUT2D eigenvalue weighted by Crippen LogP contribution is 2.21. The van der Waals surface area contributed by atoms with E-state index in [9.17, 15) is 4.79 Å². The zero-order chi connectivity index (χ0) is 13.8. The summed E-state index contributed by atoms with van der Waals surface area (Å²) in [6.45, 7) is 1.10. The summed E-state index contributed by atoms with van der Waals surface area (Å²) in [5.41, 5.74) is 7.43. The number of hydrogen-bond donors (Lipinski definition) is 2. The van der Waals surface area contributed by atoms with Crippen molar-refractivity contribution in [3.63, 3.8) is 0 Å². The fourth-order valence-electron chi connectivity index (χ4n) is 1.77. The van der Waals surface area contributed by atoms with Crippen LogP contribution in [-0.2, 0) is 16.1 Å². The molecule has 0 saturated carbocycles. The van der Waals surface area contributed by atoms with E-state index in [1.165, 1.54) is 0 Å². The van der Waals surface area contributed by atoms with Gasteiger partial charge in [0.2, 0.25) is 11.9 Å². The van der Waals surface area contributed by atoms with Crippen molar-refractivity contribution < 1.29 is 9.53 Å². The number of nitrogen functional groups attached to an aromatic ring is 1. The molecule has 0 unspecified atom stereocenters. The second-order valence-electron chi connectivity index (χ2n) is 4.03. The van der Waals surface area contributed by atoms with Gasteiger partial charge in [-0.2, -0.15) is 0 Å². The standard InChI is InChI=1S/C12H15BrN4O2/c1-19-5-4-15-11(18)7-17-10-6-8(13)2-3-9(10)16-12(17)14/h2-3,6H,4-5,7H2,1H3,(H2,14,16)(H,15,18). The van der Waals surface area contributed by atoms with Crippen molar-refractivity contribution in [2.24, 2.45) is 0 Å². The minimum atomic E-state index is -0.122. The number of halogens is 1. The molecule has 1 aromatic heterocycles. The van der Waals surface area contributed by atoms with E-state index < -0.39 is 0 Å². The predicted octanol–water partition coefficient (Wildman–Crippen LogP) is 1.14. The molecule has 102 valence electrons. The van der Waals surface area contributed by atoms with Crippen LogP contribution in [0.25, 0.3) is 11.0 Å². The Bertz CT molecular complexity index is 597. The molecule has 1 aromatic carbocycles. The number of amides is 1. The van der Waals surface area contributed by atoms with Gasteiger partial charge < -0.3 is 20.4 Å². The normalized spacial score (nSPS) is 10.8. The highest BCUT2D eigenvalue weighted by atomic mass is 79.9. The minimum absolute atomic E-state index is 0.122. The van der Waals surface area contributed by atoms with Crippen molar-refractivity contribution in [2.75, 3.05) is 26.0 Å². The lowest BCUT2D eigenvalue weighted by atomic mass is 10.3. The lowest BCUT2D eigenvalue weighted by Gasteiger charge is -2.07. The van der Waals surface area contributed by atoms with Gasteiger partial charge in [-0.05, 0) is 18.2 Å². The molecule has 2 rings (SSSR count). The molecule has 0 bridgehead atoms. The van der Waals surface area contributed by atoms with Crippen LogP contribution in [0.15, 0.2) is 22.7 Å². The average molecular weight is 327 g/mol. The molecule has 1 heterocycles. The van der Waals surface area contributed by atoms with Gasteiger partial charge in [-0.25, -0.2) is 4.98 Å². The fraction of sp³-hybridized carbons (Fsp3) is 0.333. The monoisotopic (exact) mass is 326 g/mol. The Kier molecular flexibility index (Phi) is 4.39. The van der Waals surface area contributed by atoms with Gasteiger partial charge in [-0.1, -0.05) is 15.9 Å². The number of methoxy groups -OCH3 is 1. The highest BCUT2D eigenvalue weighted by molar-refractivity contribution is 9.10. The number of imidazole rings is 1. The average Bonchev–Trinajstić information content (AvgIpc) is 2.66. The molecule has 0 aliphatic heterocycles. The number of ether oxygens (including phenoxy) is 1. The van der Waals surface area contributed by atoms with Crippen LogP contribution in [0.4, 0.5) is 5.95 Å². The van der Waals surface area contributed by atoms with Crippen LogP contribution in [-0.4, -0.2) is 35.7 Å². The van der Waals surface area contributed by atoms with E-state index in [-0.39, 0.29) is 12.5 Å². The van der Waals surface area contributed by atoms with E-state index in [1.54, 1.807) is 11.7 Å². The van der Waals surface area contributed by atoms with Gasteiger partial charge in [0.05, 0.1) is 17.6 Å². The first-order valence-corrected chi connectivity index (χ1v) is 6.58. The largest absolute Gasteiger partial charge is 0.383 e. The molecule has 0 atom stereocenters. The van der Waals surface area contributed by atoms with Gasteiger partial charge in [0.1, 0.15) is 6.54 Å². The summed E-state index contributed by atoms with van der Waals surface area (Å²) < 4.78 is 7.47. The van der Waals surface area contributed by atoms with E-state index in [1.807, 2.05) is 18.2 Å². The summed E-state index contributed by atoms with van der Waals surface area (Å²) in [5.74, 6) is 0.206. The first kappa shape index (κ1) is 13.8. The van der Waals surface area contributed by atoms with E-state index >= 15 is 0 Å². The maximum absolute atomic E-state index is 11.8. The summed E-state index contributed by atoms with van der Waals surface area (Å²) in [7, 11) is 1.59. The maximum atomic E-state index is 11.8. The molecule has 2 aromatic rings. The van der Waals surface area contributed by atoms with Crippen molar-refractivity contribution in [3.8, 4) is 0 Å². The number of nitrogens with one attached hydrogen (secondary N) is 1. The number of nitrogens with zero attached hydrogens (tertiary/aromatic N) is 2. The lowest BCUT2D eigenvalue weighted by Crippen LogP contribution is -2.30. The van der Waals surface area contributed by atoms with Gasteiger partial charge >= 0.3 is 0 Å². The van der Waals surface area contributed by atoms with Crippen LogP contribution >= 0.6 is 15.9 Å². The summed E-state index contributed by atoms with van der Waals surface area (Å²) in [6.07, 6.45) is 0. The summed E-state index contributed by atoms with van der Waals surface area (Å²) in [4.78, 5) is 16.0. The van der Waals surface area contributed by atoms with Gasteiger partial charge in [0.25, 0.3) is 0 Å². The van der Waals surface area contributed by atoms with Crippen molar-refractivity contribution in [1.82, 2.24) is 14.9 Å². The third kappa shape index (κ3) is 3.24. The number of rotatable bonds is 5. The summed E-state index contributed by atoms with van der Waals surface area (Å²) >= 11 is 3.39. The minimum Gasteiger partial charge on any atom is -0.383 e. The second kappa shape index (κ2) is 6.03. The van der Waals surface area contributed by atoms with E-state index in [4.69, 9.17) is 10.5 Å². The molecular weight excluding hydrogens is 312 g/mol. The van der Waals surface area contributed by atoms with Crippen molar-refractivity contribution in [2.45, 2.75) is 6.54 Å². The SMILES string of the molecule is COCCNC(=O)Cn1c(N)nc2ccc(Br)cc21. The van der Waals surface area contributed by atoms with Crippen LogP contribution in [0.3, 0.4) is 0 Å². The van der Waals surface area contributed by atoms with Crippen LogP contribution in [0.5, 0.6) is 0 Å². The highest BCUT2D eigenvalue weighted by Gasteiger charge is 2.11. The molecule has 3 N–H and O–H groups in total. The number of carbonyl (C=O) groups is 1. The summed E-state index contributed by atoms with van der Waals surface area (Å²) in [6, 6.07) is 5.63. The third-order valence-corrected chi connectivity index (χ3v) is 3.16. The van der Waals surface area contributed by atoms with Crippen LogP contribution in [0, 0.1) is 0 Å². The topological polar surface area (TPSA) is 82.2 Å². The fourth-order valence-corrected chi connectivity index (χ4v) is 2.12. The molecule has 0 fully saturated rings. The zero-order valence-corrected chi connectivity index (χ0v) is 12.1. The molecule has 0 aliphatic carbocycles. The van der Waals surface area contributed by atoms with Gasteiger partial charge in [0.15, 0.2) is 0 Å². The molecule has 0 aliphatic rings. The van der Waals surface area contributed by atoms with Crippen molar-refractivity contribution in [1.29, 1.82) is 0 Å². The molecule has 19 heavy (non-hydrogen) atoms. The predicted molar refractivity (Wildman–Crippen MR) is 76.7 cm³/mol. The number of fused-ring (bicyclic) bond motifs is 1. The quantitative estimate of drug-likeness (QED) is 0.807. The van der Waals surface area contributed by atoms with Gasteiger partial charge in [0, 0.05) is 18.1 Å². The van der Waals surface area contributed by atoms with E-state index in [0.717, 1.165) is 15.5 Å². The number of anilines is 1. The van der Waals surface area contributed by atoms with Gasteiger partial charge in [-0.3, -0.25) is 4.79 Å². The third-order valence-electron chi connectivity index (χ3n) is 2.67. The van der Waals surface area contributed by atoms with Crippen molar-refractivity contribution >= 4 is 38.8 Å². The molecule has 0 spiro atoms. The molecule has 0 saturated heterocycles. The molecule has 6 nitrogen and oxygen atoms in total. The zero-order valence-electron chi connectivity index (χ0n) is 10.5. The second-order valence-corrected chi connectivity index (χ2v) is 4.95. The van der Waals surface area contributed by atoms with Crippen LogP contribution in [0.1, 0.15) is 0 Å². The Morgan fingerprint density at radius 2 is 2.37 bits per heavy atom. The Hall–Kier alpha value is -1.60. The van der Waals surface area contributed by atoms with Gasteiger partial charge in [-0.15, -0.1) is 0 Å². The van der Waals surface area contributed by atoms with Crippen LogP contribution in [0.2, 0.25) is 0 Å². The smallest absolute Gasteiger partial charge is 0.240 e. The Balaban J connectivity index is 2.17. The number of carbonyl (C=O) groups excluding carboxylic acids is 1. The molecule has 1 amide bonds. The van der Waals surface area contributed by atoms with E-state index in [2.05, 4.69) is 26.2 Å². The molecule has 0 radical (unpaired) electrons. The number of benzene rings is 1. The number of hydrogen-bond acceptors (Lipinski definition) is 4. The first-order chi connectivity index (χ1) is 9.11. The van der Waals surface area contributed by atoms with Crippen LogP contribution < -0.4 is 11.1 Å².